The number of tetrazole rings is 1. The van der Waals surface area contributed by atoms with Crippen LogP contribution in [0.4, 0.5) is 4.79 Å². The molecule has 8 nitrogen and oxygen atoms in total. The second-order valence-corrected chi connectivity index (χ2v) is 5.69. The molecule has 1 aliphatic heterocycles. The van der Waals surface area contributed by atoms with Crippen molar-refractivity contribution in [3.8, 4) is 0 Å². The Morgan fingerprint density at radius 1 is 1.47 bits per heavy atom. The summed E-state index contributed by atoms with van der Waals surface area (Å²) in [7, 11) is 0. The molecular formula is C11H19N5O3. The largest absolute Gasteiger partial charge is 0.444 e. The lowest BCUT2D eigenvalue weighted by Gasteiger charge is -2.27. The molecular weight excluding hydrogens is 250 g/mol. The number of carbonyl (C=O) groups excluding carboxylic acids is 1. The third-order valence-electron chi connectivity index (χ3n) is 2.76. The van der Waals surface area contributed by atoms with Gasteiger partial charge in [0.15, 0.2) is 5.82 Å². The predicted molar refractivity (Wildman–Crippen MR) is 65.0 cm³/mol. The maximum atomic E-state index is 12.1. The number of carbonyl (C=O) groups is 1. The number of ether oxygens (including phenoxy) is 1. The van der Waals surface area contributed by atoms with Gasteiger partial charge in [0, 0.05) is 19.1 Å². The van der Waals surface area contributed by atoms with E-state index in [1.807, 2.05) is 20.8 Å². The molecule has 0 fully saturated rings. The summed E-state index contributed by atoms with van der Waals surface area (Å²) in [5.41, 5.74) is -0.552. The van der Waals surface area contributed by atoms with Gasteiger partial charge in [0.25, 0.3) is 0 Å². The third-order valence-corrected chi connectivity index (χ3v) is 2.76. The van der Waals surface area contributed by atoms with Gasteiger partial charge in [0.2, 0.25) is 0 Å². The molecule has 1 unspecified atom stereocenters. The fraction of sp³-hybridized carbons (Fsp3) is 0.818. The van der Waals surface area contributed by atoms with E-state index in [4.69, 9.17) is 4.74 Å². The summed E-state index contributed by atoms with van der Waals surface area (Å²) < 4.78 is 6.96. The number of aliphatic hydroxyl groups is 1. The topological polar surface area (TPSA) is 93.4 Å². The van der Waals surface area contributed by atoms with Gasteiger partial charge in [-0.2, -0.15) is 0 Å². The monoisotopic (exact) mass is 269 g/mol. The molecule has 1 N–H and O–H groups in total. The minimum Gasteiger partial charge on any atom is -0.444 e. The number of hydrogen-bond donors (Lipinski definition) is 1. The van der Waals surface area contributed by atoms with Crippen molar-refractivity contribution in [1.82, 2.24) is 25.1 Å². The summed E-state index contributed by atoms with van der Waals surface area (Å²) in [6.45, 7) is 6.62. The number of amides is 1. The summed E-state index contributed by atoms with van der Waals surface area (Å²) >= 11 is 0. The fourth-order valence-corrected chi connectivity index (χ4v) is 1.91. The molecule has 2 rings (SSSR count). The Labute approximate surface area is 111 Å². The van der Waals surface area contributed by atoms with Crippen LogP contribution in [0.2, 0.25) is 0 Å². The number of hydrogen-bond acceptors (Lipinski definition) is 6. The molecule has 1 aromatic rings. The van der Waals surface area contributed by atoms with Crippen molar-refractivity contribution in [3.05, 3.63) is 5.82 Å². The van der Waals surface area contributed by atoms with Gasteiger partial charge in [-0.1, -0.05) is 0 Å². The highest BCUT2D eigenvalue weighted by molar-refractivity contribution is 5.68. The quantitative estimate of drug-likeness (QED) is 0.773. The van der Waals surface area contributed by atoms with Crippen LogP contribution in [0.15, 0.2) is 0 Å². The molecule has 1 aliphatic rings. The lowest BCUT2D eigenvalue weighted by Crippen LogP contribution is -2.39. The SMILES string of the molecule is CC(C)(C)OC(=O)N1Cc2nnnn2CC(CO)C1. The highest BCUT2D eigenvalue weighted by atomic mass is 16.6. The van der Waals surface area contributed by atoms with Crippen molar-refractivity contribution in [1.29, 1.82) is 0 Å². The molecule has 106 valence electrons. The third kappa shape index (κ3) is 3.40. The zero-order valence-electron chi connectivity index (χ0n) is 11.4. The maximum Gasteiger partial charge on any atom is 0.410 e. The normalized spacial score (nSPS) is 19.8. The zero-order chi connectivity index (χ0) is 14.0. The molecule has 0 radical (unpaired) electrons. The van der Waals surface area contributed by atoms with E-state index in [0.29, 0.717) is 25.5 Å². The molecule has 1 atom stereocenters. The second kappa shape index (κ2) is 5.12. The Hall–Kier alpha value is -1.70. The van der Waals surface area contributed by atoms with Crippen LogP contribution in [-0.4, -0.2) is 55.1 Å². The maximum absolute atomic E-state index is 12.1. The molecule has 0 saturated carbocycles. The molecule has 0 aromatic carbocycles. The van der Waals surface area contributed by atoms with Gasteiger partial charge in [-0.3, -0.25) is 0 Å². The number of aromatic nitrogens is 4. The van der Waals surface area contributed by atoms with Gasteiger partial charge in [0.1, 0.15) is 5.60 Å². The van der Waals surface area contributed by atoms with Crippen LogP contribution >= 0.6 is 0 Å². The summed E-state index contributed by atoms with van der Waals surface area (Å²) in [4.78, 5) is 13.6. The molecule has 0 aliphatic carbocycles. The van der Waals surface area contributed by atoms with Crippen molar-refractivity contribution in [2.75, 3.05) is 13.2 Å². The highest BCUT2D eigenvalue weighted by Gasteiger charge is 2.29. The van der Waals surface area contributed by atoms with Gasteiger partial charge in [-0.05, 0) is 31.2 Å². The van der Waals surface area contributed by atoms with Crippen LogP contribution in [0.3, 0.4) is 0 Å². The van der Waals surface area contributed by atoms with Crippen LogP contribution in [0.5, 0.6) is 0 Å². The van der Waals surface area contributed by atoms with Crippen LogP contribution in [0.25, 0.3) is 0 Å². The first-order chi connectivity index (χ1) is 8.89. The average Bonchev–Trinajstić information content (AvgIpc) is 2.64. The van der Waals surface area contributed by atoms with Crippen molar-refractivity contribution in [3.63, 3.8) is 0 Å². The number of aliphatic hydroxyl groups excluding tert-OH is 1. The van der Waals surface area contributed by atoms with Crippen LogP contribution in [0.1, 0.15) is 26.6 Å². The van der Waals surface area contributed by atoms with Crippen molar-refractivity contribution < 1.29 is 14.6 Å². The van der Waals surface area contributed by atoms with E-state index in [-0.39, 0.29) is 12.5 Å². The summed E-state index contributed by atoms with van der Waals surface area (Å²) in [6, 6.07) is 0. The van der Waals surface area contributed by atoms with E-state index >= 15 is 0 Å². The molecule has 19 heavy (non-hydrogen) atoms. The first kappa shape index (κ1) is 13.7. The van der Waals surface area contributed by atoms with Crippen molar-refractivity contribution >= 4 is 6.09 Å². The van der Waals surface area contributed by atoms with Crippen molar-refractivity contribution in [2.24, 2.45) is 5.92 Å². The molecule has 8 heteroatoms. The molecule has 2 heterocycles. The van der Waals surface area contributed by atoms with E-state index in [9.17, 15) is 9.90 Å². The summed E-state index contributed by atoms with van der Waals surface area (Å²) in [5.74, 6) is 0.499. The summed E-state index contributed by atoms with van der Waals surface area (Å²) in [5, 5.41) is 20.7. The van der Waals surface area contributed by atoms with E-state index in [1.165, 1.54) is 4.90 Å². The Morgan fingerprint density at radius 3 is 2.84 bits per heavy atom. The van der Waals surface area contributed by atoms with Gasteiger partial charge >= 0.3 is 6.09 Å². The van der Waals surface area contributed by atoms with Gasteiger partial charge in [0.05, 0.1) is 13.1 Å². The first-order valence-corrected chi connectivity index (χ1v) is 6.23. The minimum atomic E-state index is -0.552. The summed E-state index contributed by atoms with van der Waals surface area (Å²) in [6.07, 6.45) is -0.414. The van der Waals surface area contributed by atoms with E-state index in [2.05, 4.69) is 15.5 Å². The number of nitrogens with zero attached hydrogens (tertiary/aromatic N) is 5. The van der Waals surface area contributed by atoms with Crippen LogP contribution in [0, 0.1) is 5.92 Å². The Morgan fingerprint density at radius 2 is 2.21 bits per heavy atom. The average molecular weight is 269 g/mol. The molecule has 0 saturated heterocycles. The van der Waals surface area contributed by atoms with Crippen LogP contribution in [-0.2, 0) is 17.8 Å². The smallest absolute Gasteiger partial charge is 0.410 e. The van der Waals surface area contributed by atoms with Crippen molar-refractivity contribution in [2.45, 2.75) is 39.5 Å². The minimum absolute atomic E-state index is 0.0292. The standard InChI is InChI=1S/C11H19N5O3/c1-11(2,3)19-10(18)15-4-8(7-17)5-16-9(6-15)12-13-14-16/h8,17H,4-7H2,1-3H3. The molecule has 0 spiro atoms. The van der Waals surface area contributed by atoms with Gasteiger partial charge in [-0.15, -0.1) is 5.10 Å². The van der Waals surface area contributed by atoms with E-state index in [0.717, 1.165) is 0 Å². The Bertz CT molecular complexity index is 453. The first-order valence-electron chi connectivity index (χ1n) is 6.23. The Balaban J connectivity index is 2.15. The second-order valence-electron chi connectivity index (χ2n) is 5.69. The lowest BCUT2D eigenvalue weighted by atomic mass is 10.1. The lowest BCUT2D eigenvalue weighted by molar-refractivity contribution is 0.0189. The highest BCUT2D eigenvalue weighted by Crippen LogP contribution is 2.17. The Kier molecular flexibility index (Phi) is 3.70. The van der Waals surface area contributed by atoms with Gasteiger partial charge < -0.3 is 14.7 Å². The number of fused-ring (bicyclic) bond motifs is 1. The fourth-order valence-electron chi connectivity index (χ4n) is 1.91. The predicted octanol–water partition coefficient (Wildman–Crippen LogP) is 0.0323. The number of rotatable bonds is 1. The van der Waals surface area contributed by atoms with Gasteiger partial charge in [-0.25, -0.2) is 9.48 Å². The molecule has 0 bridgehead atoms. The van der Waals surface area contributed by atoms with E-state index in [1.54, 1.807) is 4.68 Å². The van der Waals surface area contributed by atoms with Crippen LogP contribution < -0.4 is 0 Å². The van der Waals surface area contributed by atoms with E-state index < -0.39 is 11.7 Å². The molecule has 1 aromatic heterocycles. The molecule has 1 amide bonds. The zero-order valence-corrected chi connectivity index (χ0v) is 11.4.